The quantitative estimate of drug-likeness (QED) is 0.848. The monoisotopic (exact) mass is 262 g/mol. The van der Waals surface area contributed by atoms with Crippen LogP contribution in [0, 0.1) is 0 Å². The maximum atomic E-state index is 11.8. The van der Waals surface area contributed by atoms with Crippen molar-refractivity contribution in [2.75, 3.05) is 18.1 Å². The molecule has 0 bridgehead atoms. The third kappa shape index (κ3) is 3.12. The zero-order valence-corrected chi connectivity index (χ0v) is 10.9. The zero-order chi connectivity index (χ0) is 13.8. The van der Waals surface area contributed by atoms with E-state index >= 15 is 0 Å². The number of benzene rings is 1. The molecule has 5 nitrogen and oxygen atoms in total. The first kappa shape index (κ1) is 13.5. The second-order valence-corrected chi connectivity index (χ2v) is 4.75. The molecule has 1 aromatic carbocycles. The van der Waals surface area contributed by atoms with E-state index in [0.29, 0.717) is 12.0 Å². The first-order chi connectivity index (χ1) is 9.11. The summed E-state index contributed by atoms with van der Waals surface area (Å²) in [5, 5.41) is 11.6. The minimum atomic E-state index is -0.271. The second-order valence-electron chi connectivity index (χ2n) is 4.75. The van der Waals surface area contributed by atoms with Gasteiger partial charge < -0.3 is 15.3 Å². The number of nitrogens with zero attached hydrogens (tertiary/aromatic N) is 1. The van der Waals surface area contributed by atoms with Gasteiger partial charge in [-0.15, -0.1) is 0 Å². The van der Waals surface area contributed by atoms with Gasteiger partial charge in [0.25, 0.3) is 5.91 Å². The Balaban J connectivity index is 2.06. The van der Waals surface area contributed by atoms with Gasteiger partial charge in [-0.2, -0.15) is 0 Å². The van der Waals surface area contributed by atoms with Gasteiger partial charge in [0.1, 0.15) is 0 Å². The van der Waals surface area contributed by atoms with Crippen molar-refractivity contribution in [1.82, 2.24) is 5.32 Å². The van der Waals surface area contributed by atoms with Gasteiger partial charge in [0.15, 0.2) is 0 Å². The van der Waals surface area contributed by atoms with Crippen LogP contribution in [-0.2, 0) is 4.79 Å². The van der Waals surface area contributed by atoms with Crippen LogP contribution < -0.4 is 10.2 Å². The van der Waals surface area contributed by atoms with Gasteiger partial charge in [-0.1, -0.05) is 0 Å². The number of aliphatic hydroxyl groups is 1. The van der Waals surface area contributed by atoms with Crippen molar-refractivity contribution in [3.63, 3.8) is 0 Å². The molecule has 19 heavy (non-hydrogen) atoms. The number of hydrogen-bond donors (Lipinski definition) is 2. The lowest BCUT2D eigenvalue weighted by Gasteiger charge is -2.16. The van der Waals surface area contributed by atoms with Crippen LogP contribution in [0.2, 0.25) is 0 Å². The Morgan fingerprint density at radius 2 is 2.11 bits per heavy atom. The molecule has 2 rings (SSSR count). The fourth-order valence-electron chi connectivity index (χ4n) is 2.07. The average molecular weight is 262 g/mol. The molecule has 5 heteroatoms. The van der Waals surface area contributed by atoms with Gasteiger partial charge in [0.2, 0.25) is 5.91 Å². The highest BCUT2D eigenvalue weighted by Crippen LogP contribution is 2.21. The zero-order valence-electron chi connectivity index (χ0n) is 10.9. The summed E-state index contributed by atoms with van der Waals surface area (Å²) in [6.07, 6.45) is 1.48. The summed E-state index contributed by atoms with van der Waals surface area (Å²) < 4.78 is 0. The lowest BCUT2D eigenvalue weighted by atomic mass is 10.1. The summed E-state index contributed by atoms with van der Waals surface area (Å²) in [6.45, 7) is 2.38. The molecule has 2 amide bonds. The normalized spacial score (nSPS) is 16.5. The third-order valence-corrected chi connectivity index (χ3v) is 3.17. The number of rotatable bonds is 4. The first-order valence-corrected chi connectivity index (χ1v) is 6.44. The molecule has 102 valence electrons. The third-order valence-electron chi connectivity index (χ3n) is 3.17. The van der Waals surface area contributed by atoms with Crippen molar-refractivity contribution in [2.45, 2.75) is 25.8 Å². The summed E-state index contributed by atoms with van der Waals surface area (Å²) in [5.74, 6) is -0.0908. The van der Waals surface area contributed by atoms with Gasteiger partial charge >= 0.3 is 0 Å². The van der Waals surface area contributed by atoms with Crippen molar-refractivity contribution in [1.29, 1.82) is 0 Å². The molecular weight excluding hydrogens is 244 g/mol. The van der Waals surface area contributed by atoms with E-state index in [9.17, 15) is 9.59 Å². The maximum absolute atomic E-state index is 11.8. The molecule has 1 saturated heterocycles. The topological polar surface area (TPSA) is 69.6 Å². The summed E-state index contributed by atoms with van der Waals surface area (Å²) in [6, 6.07) is 6.68. The molecular formula is C14H18N2O3. The standard InChI is InChI=1S/C14H18N2O3/c1-10(9-17)15-14(19)11-4-6-12(7-5-11)16-8-2-3-13(16)18/h4-7,10,17H,2-3,8-9H2,1H3,(H,15,19)/t10-/m0/s1. The minimum Gasteiger partial charge on any atom is -0.394 e. The Kier molecular flexibility index (Phi) is 4.16. The summed E-state index contributed by atoms with van der Waals surface area (Å²) in [5.41, 5.74) is 1.35. The number of carbonyl (C=O) groups excluding carboxylic acids is 2. The lowest BCUT2D eigenvalue weighted by Crippen LogP contribution is -2.35. The van der Waals surface area contributed by atoms with E-state index in [-0.39, 0.29) is 24.5 Å². The Morgan fingerprint density at radius 1 is 1.42 bits per heavy atom. The predicted molar refractivity (Wildman–Crippen MR) is 72.0 cm³/mol. The highest BCUT2D eigenvalue weighted by molar-refractivity contribution is 5.97. The molecule has 1 aliphatic rings. The molecule has 0 saturated carbocycles. The molecule has 0 aromatic heterocycles. The smallest absolute Gasteiger partial charge is 0.251 e. The van der Waals surface area contributed by atoms with Crippen molar-refractivity contribution in [3.05, 3.63) is 29.8 Å². The lowest BCUT2D eigenvalue weighted by molar-refractivity contribution is -0.117. The summed E-state index contributed by atoms with van der Waals surface area (Å²) in [7, 11) is 0. The first-order valence-electron chi connectivity index (χ1n) is 6.44. The number of carbonyl (C=O) groups is 2. The molecule has 1 aromatic rings. The van der Waals surface area contributed by atoms with Crippen LogP contribution in [-0.4, -0.2) is 36.1 Å². The maximum Gasteiger partial charge on any atom is 0.251 e. The van der Waals surface area contributed by atoms with Crippen molar-refractivity contribution in [2.24, 2.45) is 0 Å². The van der Waals surface area contributed by atoms with Crippen LogP contribution in [0.15, 0.2) is 24.3 Å². The van der Waals surface area contributed by atoms with E-state index in [0.717, 1.165) is 18.7 Å². The summed E-state index contributed by atoms with van der Waals surface area (Å²) in [4.78, 5) is 25.1. The molecule has 1 fully saturated rings. The van der Waals surface area contributed by atoms with Gasteiger partial charge in [-0.25, -0.2) is 0 Å². The highest BCUT2D eigenvalue weighted by Gasteiger charge is 2.21. The Bertz CT molecular complexity index is 470. The van der Waals surface area contributed by atoms with Gasteiger partial charge in [0.05, 0.1) is 6.61 Å². The van der Waals surface area contributed by atoms with E-state index < -0.39 is 0 Å². The molecule has 1 heterocycles. The minimum absolute atomic E-state index is 0.0912. The predicted octanol–water partition coefficient (Wildman–Crippen LogP) is 0.924. The average Bonchev–Trinajstić information content (AvgIpc) is 2.85. The van der Waals surface area contributed by atoms with E-state index in [2.05, 4.69) is 5.32 Å². The van der Waals surface area contributed by atoms with E-state index in [4.69, 9.17) is 5.11 Å². The number of nitrogens with one attached hydrogen (secondary N) is 1. The van der Waals surface area contributed by atoms with E-state index in [1.165, 1.54) is 0 Å². The fraction of sp³-hybridized carbons (Fsp3) is 0.429. The second kappa shape index (κ2) is 5.84. The van der Waals surface area contributed by atoms with E-state index in [1.807, 2.05) is 0 Å². The van der Waals surface area contributed by atoms with Crippen molar-refractivity contribution < 1.29 is 14.7 Å². The fourth-order valence-corrected chi connectivity index (χ4v) is 2.07. The molecule has 2 N–H and O–H groups in total. The molecule has 0 spiro atoms. The molecule has 0 radical (unpaired) electrons. The Morgan fingerprint density at radius 3 is 2.63 bits per heavy atom. The van der Waals surface area contributed by atoms with Crippen LogP contribution in [0.1, 0.15) is 30.1 Å². The highest BCUT2D eigenvalue weighted by atomic mass is 16.3. The van der Waals surface area contributed by atoms with Crippen LogP contribution in [0.25, 0.3) is 0 Å². The van der Waals surface area contributed by atoms with Crippen LogP contribution in [0.5, 0.6) is 0 Å². The van der Waals surface area contributed by atoms with E-state index in [1.54, 1.807) is 36.1 Å². The van der Waals surface area contributed by atoms with Gasteiger partial charge in [0, 0.05) is 30.3 Å². The van der Waals surface area contributed by atoms with Crippen LogP contribution in [0.3, 0.4) is 0 Å². The van der Waals surface area contributed by atoms with Crippen LogP contribution in [0.4, 0.5) is 5.69 Å². The van der Waals surface area contributed by atoms with Crippen LogP contribution >= 0.6 is 0 Å². The Labute approximate surface area is 112 Å². The number of hydrogen-bond acceptors (Lipinski definition) is 3. The molecule has 0 aliphatic carbocycles. The van der Waals surface area contributed by atoms with Crippen molar-refractivity contribution in [3.8, 4) is 0 Å². The van der Waals surface area contributed by atoms with Gasteiger partial charge in [-0.05, 0) is 37.6 Å². The van der Waals surface area contributed by atoms with Gasteiger partial charge in [-0.3, -0.25) is 9.59 Å². The molecule has 0 unspecified atom stereocenters. The Hall–Kier alpha value is -1.88. The molecule has 1 aliphatic heterocycles. The number of aliphatic hydroxyl groups excluding tert-OH is 1. The largest absolute Gasteiger partial charge is 0.394 e. The molecule has 1 atom stereocenters. The SMILES string of the molecule is C[C@@H](CO)NC(=O)c1ccc(N2CCCC2=O)cc1. The number of amides is 2. The van der Waals surface area contributed by atoms with Crippen molar-refractivity contribution >= 4 is 17.5 Å². The summed E-state index contributed by atoms with van der Waals surface area (Å²) >= 11 is 0. The number of anilines is 1.